The summed E-state index contributed by atoms with van der Waals surface area (Å²) in [7, 11) is 1.98. The molecule has 0 aliphatic carbocycles. The molecule has 1 aromatic rings. The minimum Gasteiger partial charge on any atom is -0.295 e. The summed E-state index contributed by atoms with van der Waals surface area (Å²) in [4.78, 5) is 5.21. The van der Waals surface area contributed by atoms with E-state index in [1.807, 2.05) is 24.0 Å². The van der Waals surface area contributed by atoms with Crippen molar-refractivity contribution in [2.75, 3.05) is 19.6 Å². The molecule has 3 heterocycles. The van der Waals surface area contributed by atoms with E-state index in [1.54, 1.807) is 0 Å². The summed E-state index contributed by atoms with van der Waals surface area (Å²) in [5.74, 6) is 0. The minimum atomic E-state index is 0.741. The van der Waals surface area contributed by atoms with Crippen LogP contribution < -0.4 is 0 Å². The van der Waals surface area contributed by atoms with Gasteiger partial charge in [0.25, 0.3) is 0 Å². The average molecular weight is 246 g/mol. The van der Waals surface area contributed by atoms with Crippen LogP contribution in [0.15, 0.2) is 25.0 Å². The predicted octanol–water partition coefficient (Wildman–Crippen LogP) is 1.25. The zero-order chi connectivity index (χ0) is 12.5. The largest absolute Gasteiger partial charge is 0.295 e. The van der Waals surface area contributed by atoms with E-state index in [0.29, 0.717) is 0 Å². The molecule has 2 aliphatic heterocycles. The molecule has 2 fully saturated rings. The third-order valence-electron chi connectivity index (χ3n) is 4.31. The van der Waals surface area contributed by atoms with Gasteiger partial charge in [-0.25, -0.2) is 0 Å². The van der Waals surface area contributed by atoms with Crippen LogP contribution in [0.5, 0.6) is 0 Å². The number of fused-ring (bicyclic) bond motifs is 1. The molecular weight excluding hydrogens is 224 g/mol. The summed E-state index contributed by atoms with van der Waals surface area (Å²) in [6.07, 6.45) is 8.76. The molecule has 1 aromatic heterocycles. The van der Waals surface area contributed by atoms with E-state index in [0.717, 1.165) is 25.2 Å². The van der Waals surface area contributed by atoms with E-state index >= 15 is 0 Å². The van der Waals surface area contributed by atoms with Gasteiger partial charge in [-0.3, -0.25) is 14.5 Å². The number of aromatic nitrogens is 2. The van der Waals surface area contributed by atoms with E-state index in [4.69, 9.17) is 0 Å². The molecule has 0 aromatic carbocycles. The Balaban J connectivity index is 1.64. The highest BCUT2D eigenvalue weighted by Gasteiger charge is 2.41. The molecule has 0 radical (unpaired) electrons. The third kappa shape index (κ3) is 2.10. The fourth-order valence-corrected chi connectivity index (χ4v) is 3.54. The minimum absolute atomic E-state index is 0.741. The van der Waals surface area contributed by atoms with Crippen molar-refractivity contribution in [3.8, 4) is 0 Å². The number of hydrogen-bond acceptors (Lipinski definition) is 3. The zero-order valence-corrected chi connectivity index (χ0v) is 11.1. The normalized spacial score (nSPS) is 28.7. The molecule has 2 aliphatic rings. The second kappa shape index (κ2) is 4.86. The van der Waals surface area contributed by atoms with Crippen molar-refractivity contribution >= 4 is 0 Å². The quantitative estimate of drug-likeness (QED) is 0.747. The van der Waals surface area contributed by atoms with Crippen molar-refractivity contribution in [1.29, 1.82) is 0 Å². The molecule has 2 saturated heterocycles. The molecule has 0 spiro atoms. The maximum Gasteiger partial charge on any atom is 0.0534 e. The topological polar surface area (TPSA) is 24.3 Å². The Morgan fingerprint density at radius 3 is 2.72 bits per heavy atom. The summed E-state index contributed by atoms with van der Waals surface area (Å²) in [5.41, 5.74) is 1.33. The van der Waals surface area contributed by atoms with Crippen molar-refractivity contribution < 1.29 is 0 Å². The summed E-state index contributed by atoms with van der Waals surface area (Å²) >= 11 is 0. The first kappa shape index (κ1) is 11.9. The Hall–Kier alpha value is -1.13. The van der Waals surface area contributed by atoms with Crippen LogP contribution in [-0.2, 0) is 13.6 Å². The average Bonchev–Trinajstić information content (AvgIpc) is 3.01. The van der Waals surface area contributed by atoms with Gasteiger partial charge in [0.15, 0.2) is 0 Å². The highest BCUT2D eigenvalue weighted by molar-refractivity contribution is 5.07. The molecule has 0 amide bonds. The summed E-state index contributed by atoms with van der Waals surface area (Å²) in [6, 6.07) is 1.49. The Kier molecular flexibility index (Phi) is 3.22. The third-order valence-corrected chi connectivity index (χ3v) is 4.31. The lowest BCUT2D eigenvalue weighted by molar-refractivity contribution is 0.225. The lowest BCUT2D eigenvalue weighted by Crippen LogP contribution is -2.36. The first-order valence-corrected chi connectivity index (χ1v) is 6.84. The van der Waals surface area contributed by atoms with Gasteiger partial charge in [-0.1, -0.05) is 6.08 Å². The van der Waals surface area contributed by atoms with E-state index in [2.05, 4.69) is 27.7 Å². The first-order valence-electron chi connectivity index (χ1n) is 6.84. The van der Waals surface area contributed by atoms with Gasteiger partial charge in [0.2, 0.25) is 0 Å². The van der Waals surface area contributed by atoms with Crippen molar-refractivity contribution in [2.24, 2.45) is 7.05 Å². The molecule has 4 nitrogen and oxygen atoms in total. The van der Waals surface area contributed by atoms with Crippen LogP contribution >= 0.6 is 0 Å². The van der Waals surface area contributed by atoms with Crippen molar-refractivity contribution in [1.82, 2.24) is 19.6 Å². The van der Waals surface area contributed by atoms with Crippen molar-refractivity contribution in [3.63, 3.8) is 0 Å². The standard InChI is InChI=1S/C14H22N4/c1-3-6-17-7-4-14-13(17)5-8-18(14)11-12-9-15-16(2)10-12/h3,9-10,13-14H,1,4-8,11H2,2H3/t13-,14+/m0/s1. The van der Waals surface area contributed by atoms with E-state index in [9.17, 15) is 0 Å². The van der Waals surface area contributed by atoms with Gasteiger partial charge in [-0.2, -0.15) is 5.10 Å². The van der Waals surface area contributed by atoms with Gasteiger partial charge in [-0.05, 0) is 12.8 Å². The number of aryl methyl sites for hydroxylation is 1. The number of likely N-dealkylation sites (tertiary alicyclic amines) is 2. The van der Waals surface area contributed by atoms with Crippen molar-refractivity contribution in [2.45, 2.75) is 31.5 Å². The van der Waals surface area contributed by atoms with Crippen LogP contribution in [0.3, 0.4) is 0 Å². The van der Waals surface area contributed by atoms with Gasteiger partial charge in [0.1, 0.15) is 0 Å². The van der Waals surface area contributed by atoms with E-state index in [1.165, 1.54) is 31.5 Å². The van der Waals surface area contributed by atoms with Crippen LogP contribution in [0, 0.1) is 0 Å². The number of hydrogen-bond donors (Lipinski definition) is 0. The van der Waals surface area contributed by atoms with E-state index in [-0.39, 0.29) is 0 Å². The Bertz CT molecular complexity index is 425. The first-order chi connectivity index (χ1) is 8.78. The van der Waals surface area contributed by atoms with Crippen LogP contribution in [0.2, 0.25) is 0 Å². The molecule has 3 rings (SSSR count). The van der Waals surface area contributed by atoms with Gasteiger partial charge in [0.05, 0.1) is 6.20 Å². The Morgan fingerprint density at radius 1 is 1.33 bits per heavy atom. The highest BCUT2D eigenvalue weighted by atomic mass is 15.3. The maximum atomic E-state index is 4.25. The van der Waals surface area contributed by atoms with Gasteiger partial charge in [0, 0.05) is 57.1 Å². The molecule has 2 atom stereocenters. The van der Waals surface area contributed by atoms with Gasteiger partial charge >= 0.3 is 0 Å². The lowest BCUT2D eigenvalue weighted by atomic mass is 10.1. The van der Waals surface area contributed by atoms with Crippen LogP contribution in [0.25, 0.3) is 0 Å². The van der Waals surface area contributed by atoms with Gasteiger partial charge in [-0.15, -0.1) is 6.58 Å². The molecule has 0 saturated carbocycles. The number of nitrogens with zero attached hydrogens (tertiary/aromatic N) is 4. The van der Waals surface area contributed by atoms with Crippen LogP contribution in [0.4, 0.5) is 0 Å². The predicted molar refractivity (Wildman–Crippen MR) is 72.2 cm³/mol. The second-order valence-corrected chi connectivity index (χ2v) is 5.49. The van der Waals surface area contributed by atoms with Crippen LogP contribution in [-0.4, -0.2) is 51.3 Å². The second-order valence-electron chi connectivity index (χ2n) is 5.49. The molecule has 0 N–H and O–H groups in total. The van der Waals surface area contributed by atoms with Crippen molar-refractivity contribution in [3.05, 3.63) is 30.6 Å². The van der Waals surface area contributed by atoms with Crippen LogP contribution in [0.1, 0.15) is 18.4 Å². The van der Waals surface area contributed by atoms with E-state index < -0.39 is 0 Å². The molecule has 4 heteroatoms. The zero-order valence-electron chi connectivity index (χ0n) is 11.1. The Labute approximate surface area is 109 Å². The lowest BCUT2D eigenvalue weighted by Gasteiger charge is -2.24. The van der Waals surface area contributed by atoms with Gasteiger partial charge < -0.3 is 0 Å². The fraction of sp³-hybridized carbons (Fsp3) is 0.643. The molecular formula is C14H22N4. The molecule has 0 bridgehead atoms. The number of rotatable bonds is 4. The monoisotopic (exact) mass is 246 g/mol. The SMILES string of the molecule is C=CCN1CC[C@@H]2[C@@H]1CCN2Cc1cnn(C)c1. The molecule has 0 unspecified atom stereocenters. The summed E-state index contributed by atoms with van der Waals surface area (Å²) < 4.78 is 1.89. The fourth-order valence-electron chi connectivity index (χ4n) is 3.54. The molecule has 18 heavy (non-hydrogen) atoms. The maximum absolute atomic E-state index is 4.25. The smallest absolute Gasteiger partial charge is 0.0534 e. The Morgan fingerprint density at radius 2 is 2.06 bits per heavy atom. The summed E-state index contributed by atoms with van der Waals surface area (Å²) in [6.45, 7) is 8.40. The highest BCUT2D eigenvalue weighted by Crippen LogP contribution is 2.32. The summed E-state index contributed by atoms with van der Waals surface area (Å²) in [5, 5.41) is 4.25. The molecule has 98 valence electrons.